The monoisotopic (exact) mass is 276 g/mol. The minimum atomic E-state index is -0.255. The maximum absolute atomic E-state index is 11.7. The zero-order chi connectivity index (χ0) is 13.7. The van der Waals surface area contributed by atoms with Crippen LogP contribution in [0.5, 0.6) is 5.75 Å². The van der Waals surface area contributed by atoms with Gasteiger partial charge in [-0.3, -0.25) is 9.89 Å². The van der Waals surface area contributed by atoms with Crippen molar-refractivity contribution in [3.63, 3.8) is 0 Å². The van der Waals surface area contributed by atoms with Crippen LogP contribution < -0.4 is 15.8 Å². The van der Waals surface area contributed by atoms with E-state index in [9.17, 15) is 4.79 Å². The minimum Gasteiger partial charge on any atom is -0.487 e. The number of carbonyl (C=O) groups is 1. The molecule has 0 radical (unpaired) electrons. The van der Waals surface area contributed by atoms with Crippen LogP contribution in [0.2, 0.25) is 0 Å². The quantitative estimate of drug-likeness (QED) is 0.716. The lowest BCUT2D eigenvalue weighted by Gasteiger charge is -2.07. The molecule has 2 rings (SSSR count). The van der Waals surface area contributed by atoms with Crippen LogP contribution in [0.1, 0.15) is 10.5 Å². The van der Waals surface area contributed by atoms with E-state index in [2.05, 4.69) is 15.5 Å². The lowest BCUT2D eigenvalue weighted by Crippen LogP contribution is -2.17. The number of H-pyrrole nitrogens is 1. The van der Waals surface area contributed by atoms with E-state index in [1.165, 1.54) is 6.20 Å². The van der Waals surface area contributed by atoms with E-state index in [1.807, 2.05) is 0 Å². The maximum atomic E-state index is 11.7. The molecule has 6 nitrogen and oxygen atoms in total. The summed E-state index contributed by atoms with van der Waals surface area (Å²) < 4.78 is 5.30. The molecule has 1 amide bonds. The molecule has 4 N–H and O–H groups in total. The predicted molar refractivity (Wildman–Crippen MR) is 75.3 cm³/mol. The van der Waals surface area contributed by atoms with Crippen molar-refractivity contribution in [3.05, 3.63) is 42.2 Å². The molecule has 0 saturated carbocycles. The lowest BCUT2D eigenvalue weighted by atomic mass is 10.3. The standard InChI is InChI=1S/C12H12N4O2S/c13-11(19)7-18-9-3-1-8(2-4-9)15-12(17)10-5-6-14-16-10/h1-6H,7H2,(H2,13,19)(H,14,16)(H,15,17). The number of rotatable bonds is 5. The van der Waals surface area contributed by atoms with Gasteiger partial charge in [-0.2, -0.15) is 5.10 Å². The molecule has 0 fully saturated rings. The van der Waals surface area contributed by atoms with Crippen LogP contribution in [0.4, 0.5) is 5.69 Å². The number of benzene rings is 1. The molecule has 98 valence electrons. The van der Waals surface area contributed by atoms with Crippen LogP contribution in [-0.4, -0.2) is 27.7 Å². The topological polar surface area (TPSA) is 93.0 Å². The summed E-state index contributed by atoms with van der Waals surface area (Å²) in [7, 11) is 0. The Kier molecular flexibility index (Phi) is 4.09. The summed E-state index contributed by atoms with van der Waals surface area (Å²) in [6, 6.07) is 8.49. The maximum Gasteiger partial charge on any atom is 0.273 e. The number of carbonyl (C=O) groups excluding carboxylic acids is 1. The molecular formula is C12H12N4O2S. The van der Waals surface area contributed by atoms with Gasteiger partial charge in [0.1, 0.15) is 23.0 Å². The van der Waals surface area contributed by atoms with Gasteiger partial charge < -0.3 is 15.8 Å². The number of thiocarbonyl (C=S) groups is 1. The van der Waals surface area contributed by atoms with Gasteiger partial charge in [0, 0.05) is 11.9 Å². The molecule has 0 unspecified atom stereocenters. The average molecular weight is 276 g/mol. The van der Waals surface area contributed by atoms with Crippen LogP contribution in [-0.2, 0) is 0 Å². The number of nitrogens with zero attached hydrogens (tertiary/aromatic N) is 1. The smallest absolute Gasteiger partial charge is 0.273 e. The van der Waals surface area contributed by atoms with E-state index < -0.39 is 0 Å². The molecule has 2 aromatic rings. The third-order valence-corrected chi connectivity index (χ3v) is 2.36. The molecule has 1 aromatic heterocycles. The molecule has 0 saturated heterocycles. The van der Waals surface area contributed by atoms with E-state index in [-0.39, 0.29) is 17.5 Å². The zero-order valence-corrected chi connectivity index (χ0v) is 10.7. The molecule has 0 aliphatic carbocycles. The molecular weight excluding hydrogens is 264 g/mol. The highest BCUT2D eigenvalue weighted by molar-refractivity contribution is 7.80. The first-order valence-corrected chi connectivity index (χ1v) is 5.88. The van der Waals surface area contributed by atoms with Gasteiger partial charge in [0.05, 0.1) is 0 Å². The number of hydrogen-bond acceptors (Lipinski definition) is 4. The summed E-state index contributed by atoms with van der Waals surface area (Å²) >= 11 is 4.71. The van der Waals surface area contributed by atoms with Crippen molar-refractivity contribution in [1.82, 2.24) is 10.2 Å². The van der Waals surface area contributed by atoms with Gasteiger partial charge in [-0.05, 0) is 30.3 Å². The predicted octanol–water partition coefficient (Wildman–Crippen LogP) is 1.33. The molecule has 0 atom stereocenters. The summed E-state index contributed by atoms with van der Waals surface area (Å²) in [5.74, 6) is 0.377. The van der Waals surface area contributed by atoms with Gasteiger partial charge in [0.2, 0.25) is 0 Å². The Hall–Kier alpha value is -2.41. The van der Waals surface area contributed by atoms with Crippen LogP contribution in [0.25, 0.3) is 0 Å². The van der Waals surface area contributed by atoms with Gasteiger partial charge in [-0.25, -0.2) is 0 Å². The number of ether oxygens (including phenoxy) is 1. The van der Waals surface area contributed by atoms with Crippen molar-refractivity contribution >= 4 is 28.8 Å². The normalized spacial score (nSPS) is 9.89. The van der Waals surface area contributed by atoms with Crippen LogP contribution >= 0.6 is 12.2 Å². The SMILES string of the molecule is NC(=S)COc1ccc(NC(=O)c2ccn[nH]2)cc1. The fourth-order valence-electron chi connectivity index (χ4n) is 1.37. The highest BCUT2D eigenvalue weighted by atomic mass is 32.1. The second-order valence-electron chi connectivity index (χ2n) is 3.70. The first-order valence-electron chi connectivity index (χ1n) is 5.47. The van der Waals surface area contributed by atoms with Gasteiger partial charge in [0.15, 0.2) is 0 Å². The fourth-order valence-corrected chi connectivity index (χ4v) is 1.43. The zero-order valence-electron chi connectivity index (χ0n) is 9.92. The Morgan fingerprint density at radius 2 is 2.11 bits per heavy atom. The first kappa shape index (κ1) is 13.0. The third-order valence-electron chi connectivity index (χ3n) is 2.24. The molecule has 0 aliphatic heterocycles. The number of nitrogens with two attached hydrogens (primary N) is 1. The molecule has 0 bridgehead atoms. The number of anilines is 1. The van der Waals surface area contributed by atoms with Crippen molar-refractivity contribution in [3.8, 4) is 5.75 Å². The fraction of sp³-hybridized carbons (Fsp3) is 0.0833. The van der Waals surface area contributed by atoms with Gasteiger partial charge >= 0.3 is 0 Å². The molecule has 0 aliphatic rings. The van der Waals surface area contributed by atoms with Gasteiger partial charge in [0.25, 0.3) is 5.91 Å². The average Bonchev–Trinajstić information content (AvgIpc) is 2.92. The second kappa shape index (κ2) is 5.96. The Morgan fingerprint density at radius 1 is 1.37 bits per heavy atom. The Balaban J connectivity index is 1.95. The van der Waals surface area contributed by atoms with E-state index in [4.69, 9.17) is 22.7 Å². The van der Waals surface area contributed by atoms with Gasteiger partial charge in [-0.1, -0.05) is 12.2 Å². The van der Waals surface area contributed by atoms with Crippen LogP contribution in [0.3, 0.4) is 0 Å². The van der Waals surface area contributed by atoms with Crippen molar-refractivity contribution in [2.24, 2.45) is 5.73 Å². The van der Waals surface area contributed by atoms with E-state index in [0.29, 0.717) is 17.1 Å². The number of aromatic nitrogens is 2. The summed E-state index contributed by atoms with van der Waals surface area (Å²) in [5, 5.41) is 9.02. The Labute approximate surface area is 115 Å². The summed E-state index contributed by atoms with van der Waals surface area (Å²) in [6.45, 7) is 0.190. The molecule has 1 heterocycles. The molecule has 1 aromatic carbocycles. The van der Waals surface area contributed by atoms with Gasteiger partial charge in [-0.15, -0.1) is 0 Å². The number of aromatic amines is 1. The summed E-state index contributed by atoms with van der Waals surface area (Å²) in [4.78, 5) is 12.0. The number of amides is 1. The second-order valence-corrected chi connectivity index (χ2v) is 4.23. The molecule has 19 heavy (non-hydrogen) atoms. The van der Waals surface area contributed by atoms with Crippen LogP contribution in [0.15, 0.2) is 36.5 Å². The minimum absolute atomic E-state index is 0.190. The van der Waals surface area contributed by atoms with E-state index in [1.54, 1.807) is 30.3 Å². The Morgan fingerprint density at radius 3 is 2.68 bits per heavy atom. The molecule has 0 spiro atoms. The molecule has 7 heteroatoms. The largest absolute Gasteiger partial charge is 0.487 e. The van der Waals surface area contributed by atoms with Crippen LogP contribution in [0, 0.1) is 0 Å². The van der Waals surface area contributed by atoms with E-state index >= 15 is 0 Å². The summed E-state index contributed by atoms with van der Waals surface area (Å²) in [6.07, 6.45) is 1.52. The summed E-state index contributed by atoms with van der Waals surface area (Å²) in [5.41, 5.74) is 6.38. The van der Waals surface area contributed by atoms with Crippen molar-refractivity contribution in [2.75, 3.05) is 11.9 Å². The number of hydrogen-bond donors (Lipinski definition) is 3. The first-order chi connectivity index (χ1) is 9.15. The third kappa shape index (κ3) is 3.78. The van der Waals surface area contributed by atoms with Crippen molar-refractivity contribution in [1.29, 1.82) is 0 Å². The highest BCUT2D eigenvalue weighted by Gasteiger charge is 2.06. The van der Waals surface area contributed by atoms with Crippen molar-refractivity contribution < 1.29 is 9.53 Å². The van der Waals surface area contributed by atoms with Crippen molar-refractivity contribution in [2.45, 2.75) is 0 Å². The van der Waals surface area contributed by atoms with E-state index in [0.717, 1.165) is 0 Å². The Bertz CT molecular complexity index is 566. The highest BCUT2D eigenvalue weighted by Crippen LogP contribution is 2.16. The lowest BCUT2D eigenvalue weighted by molar-refractivity contribution is 0.102. The number of nitrogens with one attached hydrogen (secondary N) is 2.